The van der Waals surface area contributed by atoms with Crippen molar-refractivity contribution in [2.75, 3.05) is 19.0 Å². The lowest BCUT2D eigenvalue weighted by Crippen LogP contribution is -2.36. The number of nitrogens with one attached hydrogen (secondary N) is 1. The van der Waals surface area contributed by atoms with Gasteiger partial charge in [0.2, 0.25) is 0 Å². The number of aromatic nitrogens is 2. The van der Waals surface area contributed by atoms with Crippen LogP contribution in [0.3, 0.4) is 0 Å². The first-order valence-electron chi connectivity index (χ1n) is 6.40. The van der Waals surface area contributed by atoms with E-state index in [1.807, 2.05) is 19.4 Å². The van der Waals surface area contributed by atoms with Gasteiger partial charge in [0.1, 0.15) is 5.82 Å². The SMILES string of the molecule is CCC(CC)(CCl)CNCCc1nccn1C. The van der Waals surface area contributed by atoms with E-state index in [4.69, 9.17) is 11.6 Å². The van der Waals surface area contributed by atoms with Crippen molar-refractivity contribution in [2.45, 2.75) is 33.1 Å². The molecule has 0 unspecified atom stereocenters. The third-order valence-electron chi connectivity index (χ3n) is 3.73. The molecule has 0 saturated carbocycles. The zero-order chi connectivity index (χ0) is 12.7. The maximum atomic E-state index is 6.07. The minimum atomic E-state index is 0.253. The second-order valence-electron chi connectivity index (χ2n) is 4.72. The number of alkyl halides is 1. The highest BCUT2D eigenvalue weighted by atomic mass is 35.5. The Kier molecular flexibility index (Phi) is 6.00. The molecule has 0 aliphatic heterocycles. The van der Waals surface area contributed by atoms with Gasteiger partial charge in [-0.1, -0.05) is 13.8 Å². The van der Waals surface area contributed by atoms with E-state index in [2.05, 4.69) is 28.7 Å². The fourth-order valence-electron chi connectivity index (χ4n) is 1.93. The van der Waals surface area contributed by atoms with Crippen LogP contribution in [0.15, 0.2) is 12.4 Å². The topological polar surface area (TPSA) is 29.9 Å². The largest absolute Gasteiger partial charge is 0.338 e. The van der Waals surface area contributed by atoms with Gasteiger partial charge in [0.25, 0.3) is 0 Å². The lowest BCUT2D eigenvalue weighted by atomic mass is 9.84. The number of nitrogens with zero attached hydrogens (tertiary/aromatic N) is 2. The smallest absolute Gasteiger partial charge is 0.109 e. The third-order valence-corrected chi connectivity index (χ3v) is 4.30. The van der Waals surface area contributed by atoms with E-state index < -0.39 is 0 Å². The third kappa shape index (κ3) is 4.00. The molecule has 1 rings (SSSR count). The molecule has 0 aliphatic rings. The Hall–Kier alpha value is -0.540. The van der Waals surface area contributed by atoms with Crippen LogP contribution in [0, 0.1) is 5.41 Å². The van der Waals surface area contributed by atoms with E-state index in [0.29, 0.717) is 0 Å². The molecule has 0 aliphatic carbocycles. The molecule has 1 N–H and O–H groups in total. The molecule has 1 heterocycles. The van der Waals surface area contributed by atoms with Gasteiger partial charge in [-0.2, -0.15) is 0 Å². The lowest BCUT2D eigenvalue weighted by Gasteiger charge is -2.29. The summed E-state index contributed by atoms with van der Waals surface area (Å²) in [6.07, 6.45) is 7.05. The summed E-state index contributed by atoms with van der Waals surface area (Å²) in [5.74, 6) is 1.86. The molecule has 3 nitrogen and oxygen atoms in total. The second kappa shape index (κ2) is 7.02. The molecule has 0 spiro atoms. The van der Waals surface area contributed by atoms with E-state index in [9.17, 15) is 0 Å². The molecule has 0 saturated heterocycles. The number of hydrogen-bond acceptors (Lipinski definition) is 2. The fraction of sp³-hybridized carbons (Fsp3) is 0.769. The van der Waals surface area contributed by atoms with Crippen molar-refractivity contribution in [3.05, 3.63) is 18.2 Å². The minimum Gasteiger partial charge on any atom is -0.338 e. The van der Waals surface area contributed by atoms with Crippen LogP contribution >= 0.6 is 11.6 Å². The molecule has 0 atom stereocenters. The van der Waals surface area contributed by atoms with Gasteiger partial charge in [-0.05, 0) is 18.3 Å². The van der Waals surface area contributed by atoms with Crippen molar-refractivity contribution >= 4 is 11.6 Å². The van der Waals surface area contributed by atoms with Crippen molar-refractivity contribution in [1.82, 2.24) is 14.9 Å². The van der Waals surface area contributed by atoms with Gasteiger partial charge in [-0.15, -0.1) is 11.6 Å². The summed E-state index contributed by atoms with van der Waals surface area (Å²) in [4.78, 5) is 4.31. The Morgan fingerprint density at radius 1 is 1.41 bits per heavy atom. The Bertz CT molecular complexity index is 310. The highest BCUT2D eigenvalue weighted by Crippen LogP contribution is 2.26. The summed E-state index contributed by atoms with van der Waals surface area (Å²) in [5, 5.41) is 3.51. The van der Waals surface area contributed by atoms with Crippen LogP contribution < -0.4 is 5.32 Å². The molecule has 0 bridgehead atoms. The summed E-state index contributed by atoms with van der Waals surface area (Å²) in [5.41, 5.74) is 0.253. The highest BCUT2D eigenvalue weighted by Gasteiger charge is 2.24. The normalized spacial score (nSPS) is 12.0. The van der Waals surface area contributed by atoms with Gasteiger partial charge in [0.05, 0.1) is 0 Å². The van der Waals surface area contributed by atoms with Gasteiger partial charge in [-0.3, -0.25) is 0 Å². The van der Waals surface area contributed by atoms with Crippen LogP contribution in [0.1, 0.15) is 32.5 Å². The minimum absolute atomic E-state index is 0.253. The molecule has 0 amide bonds. The standard InChI is InChI=1S/C13H24ClN3/c1-4-13(5-2,10-14)11-15-7-6-12-16-8-9-17(12)3/h8-9,15H,4-7,10-11H2,1-3H3. The van der Waals surface area contributed by atoms with Crippen LogP contribution in [0.5, 0.6) is 0 Å². The molecule has 1 aromatic heterocycles. The number of rotatable bonds is 8. The lowest BCUT2D eigenvalue weighted by molar-refractivity contribution is 0.287. The Labute approximate surface area is 110 Å². The van der Waals surface area contributed by atoms with Crippen molar-refractivity contribution < 1.29 is 0 Å². The Balaban J connectivity index is 2.30. The first-order valence-corrected chi connectivity index (χ1v) is 6.94. The summed E-state index contributed by atoms with van der Waals surface area (Å²) in [6, 6.07) is 0. The number of hydrogen-bond donors (Lipinski definition) is 1. The first-order chi connectivity index (χ1) is 8.17. The fourth-order valence-corrected chi connectivity index (χ4v) is 2.40. The maximum Gasteiger partial charge on any atom is 0.109 e. The monoisotopic (exact) mass is 257 g/mol. The van der Waals surface area contributed by atoms with Crippen molar-refractivity contribution in [1.29, 1.82) is 0 Å². The summed E-state index contributed by atoms with van der Waals surface area (Å²) < 4.78 is 2.07. The average Bonchev–Trinajstić information content (AvgIpc) is 2.76. The zero-order valence-electron chi connectivity index (χ0n) is 11.2. The van der Waals surface area contributed by atoms with Crippen LogP contribution in [0.2, 0.25) is 0 Å². The highest BCUT2D eigenvalue weighted by molar-refractivity contribution is 6.18. The molecule has 0 fully saturated rings. The van der Waals surface area contributed by atoms with E-state index >= 15 is 0 Å². The molecule has 1 aromatic rings. The van der Waals surface area contributed by atoms with Crippen molar-refractivity contribution in [3.8, 4) is 0 Å². The quantitative estimate of drug-likeness (QED) is 0.573. The van der Waals surface area contributed by atoms with Crippen LogP contribution in [0.4, 0.5) is 0 Å². The molecule has 0 radical (unpaired) electrons. The van der Waals surface area contributed by atoms with Gasteiger partial charge in [-0.25, -0.2) is 4.98 Å². The first kappa shape index (κ1) is 14.5. The maximum absolute atomic E-state index is 6.07. The van der Waals surface area contributed by atoms with Crippen LogP contribution in [0.25, 0.3) is 0 Å². The Morgan fingerprint density at radius 2 is 2.12 bits per heavy atom. The van der Waals surface area contributed by atoms with Gasteiger partial charge in [0, 0.05) is 44.8 Å². The number of halogens is 1. The summed E-state index contributed by atoms with van der Waals surface area (Å²) >= 11 is 6.07. The van der Waals surface area contributed by atoms with Gasteiger partial charge >= 0.3 is 0 Å². The molecule has 0 aromatic carbocycles. The van der Waals surface area contributed by atoms with E-state index in [0.717, 1.165) is 44.1 Å². The number of imidazole rings is 1. The van der Waals surface area contributed by atoms with Gasteiger partial charge in [0.15, 0.2) is 0 Å². The molecular formula is C13H24ClN3. The second-order valence-corrected chi connectivity index (χ2v) is 4.99. The van der Waals surface area contributed by atoms with E-state index in [1.165, 1.54) is 0 Å². The molecule has 17 heavy (non-hydrogen) atoms. The van der Waals surface area contributed by atoms with Crippen LogP contribution in [-0.2, 0) is 13.5 Å². The van der Waals surface area contributed by atoms with Crippen molar-refractivity contribution in [2.24, 2.45) is 12.5 Å². The molecule has 98 valence electrons. The van der Waals surface area contributed by atoms with Gasteiger partial charge < -0.3 is 9.88 Å². The summed E-state index contributed by atoms with van der Waals surface area (Å²) in [7, 11) is 2.03. The van der Waals surface area contributed by atoms with Crippen LogP contribution in [-0.4, -0.2) is 28.5 Å². The van der Waals surface area contributed by atoms with E-state index in [-0.39, 0.29) is 5.41 Å². The van der Waals surface area contributed by atoms with Crippen molar-refractivity contribution in [3.63, 3.8) is 0 Å². The predicted molar refractivity (Wildman–Crippen MR) is 73.5 cm³/mol. The predicted octanol–water partition coefficient (Wildman–Crippen LogP) is 2.60. The molecule has 4 heteroatoms. The Morgan fingerprint density at radius 3 is 2.59 bits per heavy atom. The number of aryl methyl sites for hydroxylation is 1. The summed E-state index contributed by atoms with van der Waals surface area (Å²) in [6.45, 7) is 6.38. The zero-order valence-corrected chi connectivity index (χ0v) is 11.9. The van der Waals surface area contributed by atoms with E-state index in [1.54, 1.807) is 0 Å². The molecular weight excluding hydrogens is 234 g/mol. The average molecular weight is 258 g/mol.